The summed E-state index contributed by atoms with van der Waals surface area (Å²) in [5.74, 6) is -0.347. The zero-order valence-electron chi connectivity index (χ0n) is 13.7. The fourth-order valence-corrected chi connectivity index (χ4v) is 2.99. The molecule has 3 aromatic rings. The van der Waals surface area contributed by atoms with E-state index in [1.165, 1.54) is 0 Å². The minimum Gasteiger partial charge on any atom is -0.457 e. The lowest BCUT2D eigenvalue weighted by Crippen LogP contribution is -2.11. The van der Waals surface area contributed by atoms with Gasteiger partial charge in [0.05, 0.1) is 11.1 Å². The molecule has 0 radical (unpaired) electrons. The molecule has 0 fully saturated rings. The number of ether oxygens (including phenoxy) is 1. The molecule has 24 heavy (non-hydrogen) atoms. The Balaban J connectivity index is 1.97. The number of hydrogen-bond acceptors (Lipinski definition) is 3. The number of benzene rings is 2. The Bertz CT molecular complexity index is 905. The second kappa shape index (κ2) is 7.02. The SMILES string of the molecule is CCc1nc2ccccc2c(C(=O)OCc2ccccc2Cl)c1C. The van der Waals surface area contributed by atoms with Crippen LogP contribution in [-0.4, -0.2) is 11.0 Å². The van der Waals surface area contributed by atoms with E-state index < -0.39 is 0 Å². The molecule has 0 aliphatic rings. The third-order valence-electron chi connectivity index (χ3n) is 4.09. The minimum atomic E-state index is -0.347. The van der Waals surface area contributed by atoms with Gasteiger partial charge in [0, 0.05) is 21.7 Å². The van der Waals surface area contributed by atoms with Crippen molar-refractivity contribution in [1.29, 1.82) is 0 Å². The Hall–Kier alpha value is -2.39. The van der Waals surface area contributed by atoms with Gasteiger partial charge in [0.15, 0.2) is 0 Å². The highest BCUT2D eigenvalue weighted by Crippen LogP contribution is 2.25. The number of pyridine rings is 1. The Morgan fingerprint density at radius 3 is 2.58 bits per heavy atom. The number of aryl methyl sites for hydroxylation is 1. The van der Waals surface area contributed by atoms with Crippen LogP contribution in [0.1, 0.15) is 34.1 Å². The lowest BCUT2D eigenvalue weighted by molar-refractivity contribution is 0.0474. The van der Waals surface area contributed by atoms with Crippen LogP contribution in [-0.2, 0) is 17.8 Å². The second-order valence-electron chi connectivity index (χ2n) is 5.60. The lowest BCUT2D eigenvalue weighted by atomic mass is 10.0. The quantitative estimate of drug-likeness (QED) is 0.619. The van der Waals surface area contributed by atoms with Crippen LogP contribution in [0.25, 0.3) is 10.9 Å². The van der Waals surface area contributed by atoms with Crippen LogP contribution >= 0.6 is 11.6 Å². The lowest BCUT2D eigenvalue weighted by Gasteiger charge is -2.13. The number of para-hydroxylation sites is 1. The van der Waals surface area contributed by atoms with E-state index in [0.29, 0.717) is 10.6 Å². The van der Waals surface area contributed by atoms with Crippen molar-refractivity contribution in [3.63, 3.8) is 0 Å². The highest BCUT2D eigenvalue weighted by Gasteiger charge is 2.18. The molecule has 0 aliphatic heterocycles. The summed E-state index contributed by atoms with van der Waals surface area (Å²) in [6.07, 6.45) is 0.765. The molecule has 3 rings (SSSR count). The summed E-state index contributed by atoms with van der Waals surface area (Å²) in [4.78, 5) is 17.4. The first-order chi connectivity index (χ1) is 11.6. The maximum atomic E-state index is 12.7. The van der Waals surface area contributed by atoms with E-state index in [9.17, 15) is 4.79 Å². The number of rotatable bonds is 4. The highest BCUT2D eigenvalue weighted by atomic mass is 35.5. The molecule has 0 saturated carbocycles. The minimum absolute atomic E-state index is 0.149. The van der Waals surface area contributed by atoms with Gasteiger partial charge in [-0.05, 0) is 31.0 Å². The molecule has 0 atom stereocenters. The summed E-state index contributed by atoms with van der Waals surface area (Å²) in [6.45, 7) is 4.10. The van der Waals surface area contributed by atoms with Crippen molar-refractivity contribution in [3.8, 4) is 0 Å². The fraction of sp³-hybridized carbons (Fsp3) is 0.200. The van der Waals surface area contributed by atoms with Gasteiger partial charge in [-0.25, -0.2) is 4.79 Å². The molecule has 122 valence electrons. The maximum absolute atomic E-state index is 12.7. The molecule has 0 N–H and O–H groups in total. The molecule has 0 spiro atoms. The molecule has 0 saturated heterocycles. The molecule has 0 aliphatic carbocycles. The predicted molar refractivity (Wildman–Crippen MR) is 96.4 cm³/mol. The van der Waals surface area contributed by atoms with E-state index in [0.717, 1.165) is 34.1 Å². The van der Waals surface area contributed by atoms with Crippen molar-refractivity contribution in [1.82, 2.24) is 4.98 Å². The Morgan fingerprint density at radius 1 is 1.12 bits per heavy atom. The second-order valence-corrected chi connectivity index (χ2v) is 6.00. The number of fused-ring (bicyclic) bond motifs is 1. The van der Waals surface area contributed by atoms with Gasteiger partial charge in [-0.2, -0.15) is 0 Å². The van der Waals surface area contributed by atoms with E-state index in [2.05, 4.69) is 4.98 Å². The molecule has 0 amide bonds. The number of nitrogens with zero attached hydrogens (tertiary/aromatic N) is 1. The zero-order valence-corrected chi connectivity index (χ0v) is 14.4. The summed E-state index contributed by atoms with van der Waals surface area (Å²) in [7, 11) is 0. The van der Waals surface area contributed by atoms with Crippen molar-refractivity contribution in [2.75, 3.05) is 0 Å². The van der Waals surface area contributed by atoms with Gasteiger partial charge in [-0.3, -0.25) is 4.98 Å². The predicted octanol–water partition coefficient (Wildman–Crippen LogP) is 5.12. The first-order valence-corrected chi connectivity index (χ1v) is 8.28. The first kappa shape index (κ1) is 16.5. The average Bonchev–Trinajstić information content (AvgIpc) is 2.60. The summed E-state index contributed by atoms with van der Waals surface area (Å²) in [6, 6.07) is 15.0. The highest BCUT2D eigenvalue weighted by molar-refractivity contribution is 6.31. The van der Waals surface area contributed by atoms with Crippen molar-refractivity contribution in [3.05, 3.63) is 75.9 Å². The number of hydrogen-bond donors (Lipinski definition) is 0. The smallest absolute Gasteiger partial charge is 0.339 e. The molecule has 0 unspecified atom stereocenters. The first-order valence-electron chi connectivity index (χ1n) is 7.90. The van der Waals surface area contributed by atoms with Crippen molar-refractivity contribution >= 4 is 28.5 Å². The summed E-state index contributed by atoms with van der Waals surface area (Å²) in [5.41, 5.74) is 3.98. The number of carbonyl (C=O) groups is 1. The van der Waals surface area contributed by atoms with Crippen molar-refractivity contribution in [2.45, 2.75) is 26.9 Å². The fourth-order valence-electron chi connectivity index (χ4n) is 2.80. The molecule has 1 aromatic heterocycles. The van der Waals surface area contributed by atoms with Gasteiger partial charge in [0.1, 0.15) is 6.61 Å². The number of halogens is 1. The normalized spacial score (nSPS) is 10.8. The van der Waals surface area contributed by atoms with E-state index in [1.807, 2.05) is 56.3 Å². The standard InChI is InChI=1S/C20H18ClNO2/c1-3-17-13(2)19(15-9-5-7-11-18(15)22-17)20(23)24-12-14-8-4-6-10-16(14)21/h4-11H,3,12H2,1-2H3. The van der Waals surface area contributed by atoms with Gasteiger partial charge in [-0.1, -0.05) is 54.9 Å². The Labute approximate surface area is 146 Å². The Morgan fingerprint density at radius 2 is 1.83 bits per heavy atom. The van der Waals surface area contributed by atoms with Crippen LogP contribution in [0.4, 0.5) is 0 Å². The van der Waals surface area contributed by atoms with Gasteiger partial charge >= 0.3 is 5.97 Å². The van der Waals surface area contributed by atoms with E-state index in [1.54, 1.807) is 6.07 Å². The molecular weight excluding hydrogens is 322 g/mol. The Kier molecular flexibility index (Phi) is 4.81. The topological polar surface area (TPSA) is 39.2 Å². The van der Waals surface area contributed by atoms with Crippen LogP contribution in [0.15, 0.2) is 48.5 Å². The van der Waals surface area contributed by atoms with Crippen molar-refractivity contribution < 1.29 is 9.53 Å². The van der Waals surface area contributed by atoms with E-state index >= 15 is 0 Å². The number of aromatic nitrogens is 1. The van der Waals surface area contributed by atoms with Gasteiger partial charge in [0.2, 0.25) is 0 Å². The third kappa shape index (κ3) is 3.13. The monoisotopic (exact) mass is 339 g/mol. The van der Waals surface area contributed by atoms with Crippen LogP contribution in [0.5, 0.6) is 0 Å². The van der Waals surface area contributed by atoms with Crippen LogP contribution in [0.2, 0.25) is 5.02 Å². The molecule has 1 heterocycles. The molecular formula is C20H18ClNO2. The van der Waals surface area contributed by atoms with Gasteiger partial charge < -0.3 is 4.74 Å². The van der Waals surface area contributed by atoms with Crippen molar-refractivity contribution in [2.24, 2.45) is 0 Å². The molecule has 3 nitrogen and oxygen atoms in total. The molecule has 0 bridgehead atoms. The number of carbonyl (C=O) groups excluding carboxylic acids is 1. The third-order valence-corrected chi connectivity index (χ3v) is 4.46. The van der Waals surface area contributed by atoms with Gasteiger partial charge in [0.25, 0.3) is 0 Å². The zero-order chi connectivity index (χ0) is 17.1. The summed E-state index contributed by atoms with van der Waals surface area (Å²) < 4.78 is 5.53. The largest absolute Gasteiger partial charge is 0.457 e. The van der Waals surface area contributed by atoms with Gasteiger partial charge in [-0.15, -0.1) is 0 Å². The van der Waals surface area contributed by atoms with E-state index in [4.69, 9.17) is 16.3 Å². The summed E-state index contributed by atoms with van der Waals surface area (Å²) in [5, 5.41) is 1.41. The van der Waals surface area contributed by atoms with E-state index in [-0.39, 0.29) is 12.6 Å². The summed E-state index contributed by atoms with van der Waals surface area (Å²) >= 11 is 6.13. The average molecular weight is 340 g/mol. The molecule has 4 heteroatoms. The van der Waals surface area contributed by atoms with Crippen LogP contribution in [0, 0.1) is 6.92 Å². The maximum Gasteiger partial charge on any atom is 0.339 e. The van der Waals surface area contributed by atoms with Crippen LogP contribution < -0.4 is 0 Å². The molecule has 2 aromatic carbocycles. The number of esters is 1. The van der Waals surface area contributed by atoms with Crippen LogP contribution in [0.3, 0.4) is 0 Å².